The van der Waals surface area contributed by atoms with Crippen LogP contribution in [-0.4, -0.2) is 58.8 Å². The van der Waals surface area contributed by atoms with Crippen LogP contribution in [0.3, 0.4) is 0 Å². The van der Waals surface area contributed by atoms with Crippen LogP contribution in [0.5, 0.6) is 0 Å². The van der Waals surface area contributed by atoms with Crippen LogP contribution >= 0.6 is 0 Å². The van der Waals surface area contributed by atoms with Gasteiger partial charge < -0.3 is 20.5 Å². The number of para-hydroxylation sites is 1. The maximum atomic E-state index is 4.43. The fraction of sp³-hybridized carbons (Fsp3) is 0.353. The van der Waals surface area contributed by atoms with Crippen molar-refractivity contribution in [2.75, 3.05) is 44.4 Å². The summed E-state index contributed by atoms with van der Waals surface area (Å²) in [7, 11) is 4.08. The molecular weight excluding hydrogens is 302 g/mol. The van der Waals surface area contributed by atoms with Crippen molar-refractivity contribution in [1.29, 1.82) is 0 Å². The summed E-state index contributed by atoms with van der Waals surface area (Å²) in [5, 5.41) is 15.8. The maximum absolute atomic E-state index is 4.43. The average Bonchev–Trinajstić information content (AvgIpc) is 2.98. The minimum absolute atomic E-state index is 0.546. The Labute approximate surface area is 141 Å². The number of aromatic nitrogens is 4. The minimum atomic E-state index is 0.546. The van der Waals surface area contributed by atoms with Crippen molar-refractivity contribution in [3.63, 3.8) is 0 Å². The van der Waals surface area contributed by atoms with Crippen LogP contribution in [0.4, 0.5) is 11.8 Å². The first-order valence-corrected chi connectivity index (χ1v) is 8.09. The molecule has 126 valence electrons. The van der Waals surface area contributed by atoms with Gasteiger partial charge in [-0.15, -0.1) is 5.10 Å². The lowest BCUT2D eigenvalue weighted by molar-refractivity contribution is 0.425. The van der Waals surface area contributed by atoms with E-state index in [1.165, 1.54) is 10.9 Å². The number of anilines is 2. The lowest BCUT2D eigenvalue weighted by Crippen LogP contribution is -2.21. The number of hydrogen-bond donors (Lipinski definition) is 3. The quantitative estimate of drug-likeness (QED) is 0.587. The van der Waals surface area contributed by atoms with Gasteiger partial charge in [0.15, 0.2) is 5.82 Å². The number of rotatable bonds is 8. The molecule has 7 nitrogen and oxygen atoms in total. The normalized spacial score (nSPS) is 11.1. The summed E-state index contributed by atoms with van der Waals surface area (Å²) in [6.07, 6.45) is 4.59. The molecule has 3 N–H and O–H groups in total. The molecule has 7 heteroatoms. The SMILES string of the molecule is CN(C)CCNc1cnnc(NCCc2c[nH]c3ccccc23)n1. The van der Waals surface area contributed by atoms with Crippen LogP contribution in [-0.2, 0) is 6.42 Å². The van der Waals surface area contributed by atoms with E-state index in [0.29, 0.717) is 5.95 Å². The molecular formula is C17H23N7. The number of nitrogens with one attached hydrogen (secondary N) is 3. The Morgan fingerprint density at radius 1 is 1.12 bits per heavy atom. The van der Waals surface area contributed by atoms with Gasteiger partial charge in [-0.05, 0) is 32.1 Å². The van der Waals surface area contributed by atoms with Crippen molar-refractivity contribution >= 4 is 22.7 Å². The van der Waals surface area contributed by atoms with E-state index in [9.17, 15) is 0 Å². The van der Waals surface area contributed by atoms with Crippen LogP contribution in [0.1, 0.15) is 5.56 Å². The molecule has 0 fully saturated rings. The molecule has 0 unspecified atom stereocenters. The number of H-pyrrole nitrogens is 1. The maximum Gasteiger partial charge on any atom is 0.244 e. The highest BCUT2D eigenvalue weighted by molar-refractivity contribution is 5.83. The third-order valence-corrected chi connectivity index (χ3v) is 3.78. The summed E-state index contributed by atoms with van der Waals surface area (Å²) in [5.74, 6) is 1.28. The molecule has 0 saturated heterocycles. The first-order chi connectivity index (χ1) is 11.7. The highest BCUT2D eigenvalue weighted by atomic mass is 15.3. The summed E-state index contributed by atoms with van der Waals surface area (Å²) in [6, 6.07) is 8.31. The number of likely N-dealkylation sites (N-methyl/N-ethyl adjacent to an activating group) is 1. The van der Waals surface area contributed by atoms with Gasteiger partial charge in [0.1, 0.15) is 0 Å². The van der Waals surface area contributed by atoms with Gasteiger partial charge in [-0.1, -0.05) is 18.2 Å². The topological polar surface area (TPSA) is 81.8 Å². The minimum Gasteiger partial charge on any atom is -0.367 e. The molecule has 24 heavy (non-hydrogen) atoms. The van der Waals surface area contributed by atoms with Gasteiger partial charge in [-0.2, -0.15) is 10.1 Å². The summed E-state index contributed by atoms with van der Waals surface area (Å²) >= 11 is 0. The van der Waals surface area contributed by atoms with Crippen LogP contribution in [0.15, 0.2) is 36.7 Å². The highest BCUT2D eigenvalue weighted by Crippen LogP contribution is 2.18. The molecule has 0 atom stereocenters. The lowest BCUT2D eigenvalue weighted by atomic mass is 10.1. The van der Waals surface area contributed by atoms with Gasteiger partial charge in [0.05, 0.1) is 6.20 Å². The monoisotopic (exact) mass is 325 g/mol. The van der Waals surface area contributed by atoms with E-state index in [1.54, 1.807) is 6.20 Å². The Bertz CT molecular complexity index is 781. The van der Waals surface area contributed by atoms with Gasteiger partial charge in [0.2, 0.25) is 5.95 Å². The average molecular weight is 325 g/mol. The summed E-state index contributed by atoms with van der Waals surface area (Å²) in [5.41, 5.74) is 2.45. The second-order valence-corrected chi connectivity index (χ2v) is 5.93. The molecule has 0 saturated carbocycles. The van der Waals surface area contributed by atoms with Crippen molar-refractivity contribution in [3.8, 4) is 0 Å². The van der Waals surface area contributed by atoms with Crippen molar-refractivity contribution in [2.45, 2.75) is 6.42 Å². The Kier molecular flexibility index (Phi) is 5.22. The molecule has 2 aromatic heterocycles. The summed E-state index contributed by atoms with van der Waals surface area (Å²) in [6.45, 7) is 2.51. The molecule has 0 radical (unpaired) electrons. The predicted molar refractivity (Wildman–Crippen MR) is 97.4 cm³/mol. The van der Waals surface area contributed by atoms with E-state index in [0.717, 1.165) is 37.4 Å². The molecule has 3 aromatic rings. The second kappa shape index (κ2) is 7.74. The molecule has 3 rings (SSSR count). The van der Waals surface area contributed by atoms with Gasteiger partial charge >= 0.3 is 0 Å². The van der Waals surface area contributed by atoms with E-state index in [4.69, 9.17) is 0 Å². The van der Waals surface area contributed by atoms with Crippen LogP contribution in [0.2, 0.25) is 0 Å². The molecule has 0 aliphatic carbocycles. The Morgan fingerprint density at radius 2 is 2.00 bits per heavy atom. The standard InChI is InChI=1S/C17H23N7/c1-24(2)10-9-18-16-12-21-23-17(22-16)19-8-7-13-11-20-15-6-4-3-5-14(13)15/h3-6,11-12,20H,7-10H2,1-2H3,(H2,18,19,22,23). The molecule has 0 aliphatic heterocycles. The van der Waals surface area contributed by atoms with Crippen molar-refractivity contribution in [2.24, 2.45) is 0 Å². The summed E-state index contributed by atoms with van der Waals surface area (Å²) in [4.78, 5) is 9.83. The Balaban J connectivity index is 1.53. The number of hydrogen-bond acceptors (Lipinski definition) is 6. The van der Waals surface area contributed by atoms with Crippen LogP contribution < -0.4 is 10.6 Å². The van der Waals surface area contributed by atoms with Gasteiger partial charge in [0.25, 0.3) is 0 Å². The van der Waals surface area contributed by atoms with Crippen LogP contribution in [0.25, 0.3) is 10.9 Å². The van der Waals surface area contributed by atoms with E-state index < -0.39 is 0 Å². The Hall–Kier alpha value is -2.67. The molecule has 0 amide bonds. The van der Waals surface area contributed by atoms with Gasteiger partial charge in [0, 0.05) is 36.7 Å². The summed E-state index contributed by atoms with van der Waals surface area (Å²) < 4.78 is 0. The fourth-order valence-corrected chi connectivity index (χ4v) is 2.52. The Morgan fingerprint density at radius 3 is 2.88 bits per heavy atom. The van der Waals surface area contributed by atoms with E-state index >= 15 is 0 Å². The van der Waals surface area contributed by atoms with Crippen molar-refractivity contribution < 1.29 is 0 Å². The van der Waals surface area contributed by atoms with Crippen molar-refractivity contribution in [1.82, 2.24) is 25.1 Å². The smallest absolute Gasteiger partial charge is 0.244 e. The zero-order chi connectivity index (χ0) is 16.8. The number of aromatic amines is 1. The molecule has 0 spiro atoms. The zero-order valence-electron chi connectivity index (χ0n) is 14.1. The van der Waals surface area contributed by atoms with Gasteiger partial charge in [-0.25, -0.2) is 0 Å². The number of benzene rings is 1. The predicted octanol–water partition coefficient (Wildman–Crippen LogP) is 1.98. The molecule has 1 aromatic carbocycles. The molecule has 0 bridgehead atoms. The largest absolute Gasteiger partial charge is 0.367 e. The second-order valence-electron chi connectivity index (χ2n) is 5.93. The van der Waals surface area contributed by atoms with E-state index in [-0.39, 0.29) is 0 Å². The zero-order valence-corrected chi connectivity index (χ0v) is 14.1. The molecule has 2 heterocycles. The number of fused-ring (bicyclic) bond motifs is 1. The van der Waals surface area contributed by atoms with Crippen molar-refractivity contribution in [3.05, 3.63) is 42.2 Å². The molecule has 0 aliphatic rings. The van der Waals surface area contributed by atoms with Gasteiger partial charge in [-0.3, -0.25) is 0 Å². The van der Waals surface area contributed by atoms with E-state index in [2.05, 4.69) is 60.1 Å². The highest BCUT2D eigenvalue weighted by Gasteiger charge is 2.04. The number of nitrogens with zero attached hydrogens (tertiary/aromatic N) is 4. The first kappa shape index (κ1) is 16.2. The fourth-order valence-electron chi connectivity index (χ4n) is 2.52. The first-order valence-electron chi connectivity index (χ1n) is 8.09. The third-order valence-electron chi connectivity index (χ3n) is 3.78. The van der Waals surface area contributed by atoms with E-state index in [1.807, 2.05) is 20.2 Å². The van der Waals surface area contributed by atoms with Crippen LogP contribution in [0, 0.1) is 0 Å². The third kappa shape index (κ3) is 4.20. The lowest BCUT2D eigenvalue weighted by Gasteiger charge is -2.11.